The SMILES string of the molecule is Cc1cc(C)c2c(Br)ccc(OCCCC(=O)NO)c2n1. The topological polar surface area (TPSA) is 71.5 Å². The maximum absolute atomic E-state index is 10.9. The molecule has 0 saturated carbocycles. The third-order valence-corrected chi connectivity index (χ3v) is 3.79. The molecule has 1 amide bonds. The molecule has 6 heteroatoms. The van der Waals surface area contributed by atoms with E-state index in [1.165, 1.54) is 0 Å². The maximum atomic E-state index is 10.9. The molecule has 2 rings (SSSR count). The smallest absolute Gasteiger partial charge is 0.243 e. The maximum Gasteiger partial charge on any atom is 0.243 e. The molecule has 0 aliphatic heterocycles. The first-order valence-electron chi connectivity index (χ1n) is 6.65. The van der Waals surface area contributed by atoms with Crippen molar-refractivity contribution in [2.75, 3.05) is 6.61 Å². The van der Waals surface area contributed by atoms with Crippen molar-refractivity contribution in [1.82, 2.24) is 10.5 Å². The molecular weight excluding hydrogens is 336 g/mol. The first-order valence-corrected chi connectivity index (χ1v) is 7.44. The molecule has 112 valence electrons. The van der Waals surface area contributed by atoms with Crippen molar-refractivity contribution in [3.63, 3.8) is 0 Å². The number of benzene rings is 1. The van der Waals surface area contributed by atoms with Gasteiger partial charge in [-0.25, -0.2) is 10.5 Å². The van der Waals surface area contributed by atoms with Crippen molar-refractivity contribution in [3.8, 4) is 5.75 Å². The standard InChI is InChI=1S/C15H17BrN2O3/c1-9-8-10(2)17-15-12(6-5-11(16)14(9)15)21-7-3-4-13(19)18-20/h5-6,8,20H,3-4,7H2,1-2H3,(H,18,19). The predicted molar refractivity (Wildman–Crippen MR) is 83.6 cm³/mol. The van der Waals surface area contributed by atoms with E-state index in [1.54, 1.807) is 5.48 Å². The summed E-state index contributed by atoms with van der Waals surface area (Å²) in [6.07, 6.45) is 0.741. The normalized spacial score (nSPS) is 10.7. The highest BCUT2D eigenvalue weighted by atomic mass is 79.9. The molecule has 0 bridgehead atoms. The van der Waals surface area contributed by atoms with Gasteiger partial charge in [0, 0.05) is 22.0 Å². The largest absolute Gasteiger partial charge is 0.491 e. The quantitative estimate of drug-likeness (QED) is 0.492. The molecule has 1 aromatic carbocycles. The first-order chi connectivity index (χ1) is 10.0. The number of nitrogens with zero attached hydrogens (tertiary/aromatic N) is 1. The number of nitrogens with one attached hydrogen (secondary N) is 1. The molecule has 0 fully saturated rings. The van der Waals surface area contributed by atoms with Gasteiger partial charge >= 0.3 is 0 Å². The molecule has 0 spiro atoms. The molecule has 21 heavy (non-hydrogen) atoms. The van der Waals surface area contributed by atoms with E-state index in [9.17, 15) is 4.79 Å². The number of hydrogen-bond acceptors (Lipinski definition) is 4. The predicted octanol–water partition coefficient (Wildman–Crippen LogP) is 3.28. The van der Waals surface area contributed by atoms with Gasteiger partial charge in [0.05, 0.1) is 6.61 Å². The van der Waals surface area contributed by atoms with Gasteiger partial charge in [0.25, 0.3) is 0 Å². The van der Waals surface area contributed by atoms with E-state index in [4.69, 9.17) is 9.94 Å². The Labute approximate surface area is 131 Å². The number of halogens is 1. The van der Waals surface area contributed by atoms with Crippen molar-refractivity contribution in [3.05, 3.63) is 33.9 Å². The summed E-state index contributed by atoms with van der Waals surface area (Å²) in [6, 6.07) is 5.83. The third-order valence-electron chi connectivity index (χ3n) is 3.13. The van der Waals surface area contributed by atoms with E-state index in [0.29, 0.717) is 18.8 Å². The highest BCUT2D eigenvalue weighted by molar-refractivity contribution is 9.10. The number of aryl methyl sites for hydroxylation is 2. The Balaban J connectivity index is 2.20. The number of ether oxygens (including phenoxy) is 1. The molecule has 0 atom stereocenters. The number of rotatable bonds is 5. The summed E-state index contributed by atoms with van der Waals surface area (Å²) in [5, 5.41) is 9.46. The van der Waals surface area contributed by atoms with Crippen molar-refractivity contribution in [1.29, 1.82) is 0 Å². The zero-order chi connectivity index (χ0) is 15.4. The van der Waals surface area contributed by atoms with Gasteiger partial charge in [-0.1, -0.05) is 15.9 Å². The van der Waals surface area contributed by atoms with Crippen LogP contribution in [0.15, 0.2) is 22.7 Å². The average molecular weight is 353 g/mol. The van der Waals surface area contributed by atoms with Crippen LogP contribution in [-0.2, 0) is 4.79 Å². The van der Waals surface area contributed by atoms with Crippen molar-refractivity contribution in [2.45, 2.75) is 26.7 Å². The first kappa shape index (κ1) is 15.7. The molecule has 0 aliphatic carbocycles. The zero-order valence-electron chi connectivity index (χ0n) is 11.9. The second-order valence-electron chi connectivity index (χ2n) is 4.84. The Kier molecular flexibility index (Phi) is 5.14. The summed E-state index contributed by atoms with van der Waals surface area (Å²) in [4.78, 5) is 15.5. The number of hydrogen-bond donors (Lipinski definition) is 2. The highest BCUT2D eigenvalue weighted by Gasteiger charge is 2.10. The van der Waals surface area contributed by atoms with Crippen LogP contribution in [0.2, 0.25) is 0 Å². The minimum absolute atomic E-state index is 0.219. The minimum atomic E-state index is -0.413. The number of amides is 1. The van der Waals surface area contributed by atoms with Gasteiger partial charge in [0.1, 0.15) is 11.3 Å². The van der Waals surface area contributed by atoms with Gasteiger partial charge in [-0.3, -0.25) is 10.0 Å². The van der Waals surface area contributed by atoms with Gasteiger partial charge in [-0.15, -0.1) is 0 Å². The van der Waals surface area contributed by atoms with Crippen molar-refractivity contribution in [2.24, 2.45) is 0 Å². The van der Waals surface area contributed by atoms with Crippen molar-refractivity contribution < 1.29 is 14.7 Å². The summed E-state index contributed by atoms with van der Waals surface area (Å²) in [6.45, 7) is 4.37. The Morgan fingerprint density at radius 1 is 1.43 bits per heavy atom. The van der Waals surface area contributed by atoms with Crippen LogP contribution in [0.3, 0.4) is 0 Å². The van der Waals surface area contributed by atoms with Gasteiger partial charge in [-0.2, -0.15) is 0 Å². The minimum Gasteiger partial charge on any atom is -0.491 e. The monoisotopic (exact) mass is 352 g/mol. The van der Waals surface area contributed by atoms with E-state index < -0.39 is 5.91 Å². The third kappa shape index (κ3) is 3.71. The molecule has 5 nitrogen and oxygen atoms in total. The molecule has 0 aliphatic rings. The van der Waals surface area contributed by atoms with Crippen molar-refractivity contribution >= 4 is 32.7 Å². The Hall–Kier alpha value is -1.66. The number of hydroxylamine groups is 1. The fourth-order valence-electron chi connectivity index (χ4n) is 2.21. The Bertz CT molecular complexity index is 674. The lowest BCUT2D eigenvalue weighted by Gasteiger charge is -2.12. The molecule has 1 heterocycles. The van der Waals surface area contributed by atoms with E-state index in [-0.39, 0.29) is 6.42 Å². The van der Waals surface area contributed by atoms with Gasteiger partial charge in [-0.05, 0) is 44.0 Å². The van der Waals surface area contributed by atoms with Crippen LogP contribution in [0.5, 0.6) is 5.75 Å². The fourth-order valence-corrected chi connectivity index (χ4v) is 2.85. The summed E-state index contributed by atoms with van der Waals surface area (Å²) in [5.74, 6) is 0.286. The number of fused-ring (bicyclic) bond motifs is 1. The number of carbonyl (C=O) groups excluding carboxylic acids is 1. The van der Waals surface area contributed by atoms with E-state index in [1.807, 2.05) is 32.0 Å². The lowest BCUT2D eigenvalue weighted by molar-refractivity contribution is -0.129. The van der Waals surface area contributed by atoms with Crippen LogP contribution in [-0.4, -0.2) is 22.7 Å². The fraction of sp³-hybridized carbons (Fsp3) is 0.333. The molecular formula is C15H17BrN2O3. The summed E-state index contributed by atoms with van der Waals surface area (Å²) in [7, 11) is 0. The van der Waals surface area contributed by atoms with Crippen LogP contribution in [0.25, 0.3) is 10.9 Å². The lowest BCUT2D eigenvalue weighted by atomic mass is 10.1. The van der Waals surface area contributed by atoms with Crippen LogP contribution < -0.4 is 10.2 Å². The Morgan fingerprint density at radius 3 is 2.90 bits per heavy atom. The van der Waals surface area contributed by atoms with E-state index in [0.717, 1.165) is 26.6 Å². The molecule has 0 unspecified atom stereocenters. The highest BCUT2D eigenvalue weighted by Crippen LogP contribution is 2.33. The molecule has 2 N–H and O–H groups in total. The second-order valence-corrected chi connectivity index (χ2v) is 5.69. The number of pyridine rings is 1. The van der Waals surface area contributed by atoms with Crippen LogP contribution in [0.4, 0.5) is 0 Å². The second kappa shape index (κ2) is 6.87. The van der Waals surface area contributed by atoms with Gasteiger partial charge in [0.15, 0.2) is 0 Å². The van der Waals surface area contributed by atoms with E-state index in [2.05, 4.69) is 20.9 Å². The van der Waals surface area contributed by atoms with Crippen LogP contribution in [0, 0.1) is 13.8 Å². The van der Waals surface area contributed by atoms with Crippen LogP contribution in [0.1, 0.15) is 24.1 Å². The molecule has 1 aromatic heterocycles. The number of aromatic nitrogens is 1. The number of carbonyl (C=O) groups is 1. The molecule has 2 aromatic rings. The van der Waals surface area contributed by atoms with E-state index >= 15 is 0 Å². The average Bonchev–Trinajstić information content (AvgIpc) is 2.44. The zero-order valence-corrected chi connectivity index (χ0v) is 13.5. The Morgan fingerprint density at radius 2 is 2.19 bits per heavy atom. The summed E-state index contributed by atoms with van der Waals surface area (Å²) in [5.41, 5.74) is 4.48. The summed E-state index contributed by atoms with van der Waals surface area (Å²) >= 11 is 3.54. The van der Waals surface area contributed by atoms with Gasteiger partial charge in [0.2, 0.25) is 5.91 Å². The molecule has 0 radical (unpaired) electrons. The summed E-state index contributed by atoms with van der Waals surface area (Å²) < 4.78 is 6.72. The van der Waals surface area contributed by atoms with Gasteiger partial charge < -0.3 is 4.74 Å². The molecule has 0 saturated heterocycles. The lowest BCUT2D eigenvalue weighted by Crippen LogP contribution is -2.18. The van der Waals surface area contributed by atoms with Crippen LogP contribution >= 0.6 is 15.9 Å².